The Morgan fingerprint density at radius 2 is 2.04 bits per heavy atom. The summed E-state index contributed by atoms with van der Waals surface area (Å²) in [6.45, 7) is 1.66. The van der Waals surface area contributed by atoms with Gasteiger partial charge in [-0.1, -0.05) is 29.8 Å². The van der Waals surface area contributed by atoms with E-state index in [0.29, 0.717) is 16.9 Å². The highest BCUT2D eigenvalue weighted by Crippen LogP contribution is 2.29. The summed E-state index contributed by atoms with van der Waals surface area (Å²) >= 11 is 6.15. The molecule has 0 bridgehead atoms. The maximum atomic E-state index is 11.7. The largest absolute Gasteiger partial charge is 0.366 e. The van der Waals surface area contributed by atoms with Crippen LogP contribution in [0.15, 0.2) is 48.8 Å². The molecule has 0 saturated carbocycles. The van der Waals surface area contributed by atoms with Gasteiger partial charge in [0.15, 0.2) is 0 Å². The Hall–Kier alpha value is -2.70. The van der Waals surface area contributed by atoms with E-state index in [0.717, 1.165) is 23.5 Å². The van der Waals surface area contributed by atoms with Gasteiger partial charge in [0.25, 0.3) is 5.91 Å². The zero-order chi connectivity index (χ0) is 18.1. The molecule has 0 aliphatic carbocycles. The number of fused-ring (bicyclic) bond motifs is 1. The van der Waals surface area contributed by atoms with E-state index in [2.05, 4.69) is 26.7 Å². The Morgan fingerprint density at radius 1 is 1.19 bits per heavy atom. The number of anilines is 1. The van der Waals surface area contributed by atoms with Crippen molar-refractivity contribution in [3.63, 3.8) is 0 Å². The molecule has 7 heteroatoms. The van der Waals surface area contributed by atoms with E-state index in [1.165, 1.54) is 11.9 Å². The predicted molar refractivity (Wildman–Crippen MR) is 103 cm³/mol. The van der Waals surface area contributed by atoms with E-state index in [4.69, 9.17) is 17.3 Å². The quantitative estimate of drug-likeness (QED) is 0.659. The van der Waals surface area contributed by atoms with Crippen LogP contribution >= 0.6 is 11.6 Å². The van der Waals surface area contributed by atoms with E-state index < -0.39 is 5.91 Å². The number of halogens is 1. The number of hydrogen-bond acceptors (Lipinski definition) is 5. The molecular formula is C19H18ClN5O. The maximum absolute atomic E-state index is 11.7. The standard InChI is InChI=1S/C19H18ClN5O/c20-12-4-1-3-11(7-12)15-8-22-9-16(15)25-19-14-6-2-5-13(18(21)26)17(14)23-10-24-19/h1-7,10,15-16,22H,8-9H2,(H2,21,26)(H,23,24,25). The maximum Gasteiger partial charge on any atom is 0.250 e. The third-order valence-electron chi connectivity index (χ3n) is 4.74. The smallest absolute Gasteiger partial charge is 0.250 e. The fourth-order valence-corrected chi connectivity index (χ4v) is 3.69. The van der Waals surface area contributed by atoms with Crippen LogP contribution in [0.4, 0.5) is 5.82 Å². The minimum absolute atomic E-state index is 0.142. The molecule has 4 rings (SSSR count). The average molecular weight is 368 g/mol. The number of aromatic nitrogens is 2. The Bertz CT molecular complexity index is 977. The van der Waals surface area contributed by atoms with Gasteiger partial charge in [0.1, 0.15) is 12.1 Å². The molecule has 2 atom stereocenters. The molecule has 1 fully saturated rings. The molecule has 4 N–H and O–H groups in total. The number of hydrogen-bond donors (Lipinski definition) is 3. The molecule has 1 amide bonds. The highest BCUT2D eigenvalue weighted by atomic mass is 35.5. The number of nitrogens with two attached hydrogens (primary N) is 1. The molecule has 1 aromatic heterocycles. The van der Waals surface area contributed by atoms with Gasteiger partial charge in [0, 0.05) is 35.5 Å². The van der Waals surface area contributed by atoms with Crippen molar-refractivity contribution < 1.29 is 4.79 Å². The lowest BCUT2D eigenvalue weighted by Crippen LogP contribution is -2.27. The van der Waals surface area contributed by atoms with E-state index in [1.54, 1.807) is 12.1 Å². The molecule has 3 aromatic rings. The van der Waals surface area contributed by atoms with Gasteiger partial charge in [-0.2, -0.15) is 0 Å². The van der Waals surface area contributed by atoms with Crippen LogP contribution in [0, 0.1) is 0 Å². The van der Waals surface area contributed by atoms with Crippen LogP contribution < -0.4 is 16.4 Å². The number of nitrogens with zero attached hydrogens (tertiary/aromatic N) is 2. The summed E-state index contributed by atoms with van der Waals surface area (Å²) in [5.74, 6) is 0.455. The lowest BCUT2D eigenvalue weighted by molar-refractivity contribution is 0.100. The van der Waals surface area contributed by atoms with Crippen LogP contribution in [0.25, 0.3) is 10.9 Å². The number of primary amides is 1. The first-order valence-corrected chi connectivity index (χ1v) is 8.77. The van der Waals surface area contributed by atoms with Gasteiger partial charge in [0.05, 0.1) is 11.1 Å². The molecule has 0 radical (unpaired) electrons. The van der Waals surface area contributed by atoms with Crippen LogP contribution in [0.2, 0.25) is 5.02 Å². The van der Waals surface area contributed by atoms with Crippen molar-refractivity contribution in [2.75, 3.05) is 18.4 Å². The number of amides is 1. The first kappa shape index (κ1) is 16.8. The van der Waals surface area contributed by atoms with Crippen molar-refractivity contribution in [1.82, 2.24) is 15.3 Å². The molecule has 26 heavy (non-hydrogen) atoms. The highest BCUT2D eigenvalue weighted by Gasteiger charge is 2.29. The van der Waals surface area contributed by atoms with Crippen LogP contribution in [-0.4, -0.2) is 35.0 Å². The van der Waals surface area contributed by atoms with Crippen molar-refractivity contribution in [3.8, 4) is 0 Å². The second-order valence-corrected chi connectivity index (χ2v) is 6.80. The summed E-state index contributed by atoms with van der Waals surface area (Å²) in [5.41, 5.74) is 7.59. The Balaban J connectivity index is 1.68. The second kappa shape index (κ2) is 6.90. The second-order valence-electron chi connectivity index (χ2n) is 6.36. The van der Waals surface area contributed by atoms with Crippen LogP contribution in [0.5, 0.6) is 0 Å². The molecule has 0 spiro atoms. The molecule has 2 aromatic carbocycles. The highest BCUT2D eigenvalue weighted by molar-refractivity contribution is 6.30. The predicted octanol–water partition coefficient (Wildman–Crippen LogP) is 2.55. The Morgan fingerprint density at radius 3 is 2.85 bits per heavy atom. The van der Waals surface area contributed by atoms with Gasteiger partial charge in [-0.15, -0.1) is 0 Å². The summed E-state index contributed by atoms with van der Waals surface area (Å²) in [5, 5.41) is 8.43. The molecule has 2 unspecified atom stereocenters. The van der Waals surface area contributed by atoms with Gasteiger partial charge in [0.2, 0.25) is 0 Å². The Kier molecular flexibility index (Phi) is 4.44. The lowest BCUT2D eigenvalue weighted by atomic mass is 9.94. The first-order valence-electron chi connectivity index (χ1n) is 8.40. The molecule has 1 saturated heterocycles. The minimum Gasteiger partial charge on any atom is -0.366 e. The van der Waals surface area contributed by atoms with E-state index >= 15 is 0 Å². The van der Waals surface area contributed by atoms with Crippen LogP contribution in [0.1, 0.15) is 21.8 Å². The van der Waals surface area contributed by atoms with Gasteiger partial charge in [-0.3, -0.25) is 4.79 Å². The molecule has 6 nitrogen and oxygen atoms in total. The first-order chi connectivity index (χ1) is 12.6. The van der Waals surface area contributed by atoms with E-state index in [1.807, 2.05) is 24.3 Å². The fraction of sp³-hybridized carbons (Fsp3) is 0.211. The fourth-order valence-electron chi connectivity index (χ4n) is 3.49. The van der Waals surface area contributed by atoms with Gasteiger partial charge >= 0.3 is 0 Å². The van der Waals surface area contributed by atoms with Gasteiger partial charge < -0.3 is 16.4 Å². The zero-order valence-corrected chi connectivity index (χ0v) is 14.7. The van der Waals surface area contributed by atoms with Crippen LogP contribution in [-0.2, 0) is 0 Å². The normalized spacial score (nSPS) is 19.6. The lowest BCUT2D eigenvalue weighted by Gasteiger charge is -2.22. The topological polar surface area (TPSA) is 92.9 Å². The zero-order valence-electron chi connectivity index (χ0n) is 13.9. The number of rotatable bonds is 4. The number of para-hydroxylation sites is 1. The summed E-state index contributed by atoms with van der Waals surface area (Å²) in [7, 11) is 0. The number of carbonyl (C=O) groups is 1. The van der Waals surface area contributed by atoms with Crippen molar-refractivity contribution in [3.05, 3.63) is 64.9 Å². The molecule has 1 aliphatic heterocycles. The molecular weight excluding hydrogens is 350 g/mol. The summed E-state index contributed by atoms with van der Waals surface area (Å²) in [6.07, 6.45) is 1.45. The summed E-state index contributed by atoms with van der Waals surface area (Å²) in [4.78, 5) is 20.3. The van der Waals surface area contributed by atoms with Gasteiger partial charge in [-0.25, -0.2) is 9.97 Å². The number of nitrogens with one attached hydrogen (secondary N) is 2. The van der Waals surface area contributed by atoms with Gasteiger partial charge in [-0.05, 0) is 29.8 Å². The third-order valence-corrected chi connectivity index (χ3v) is 4.98. The summed E-state index contributed by atoms with van der Waals surface area (Å²) < 4.78 is 0. The number of carbonyl (C=O) groups excluding carboxylic acids is 1. The van der Waals surface area contributed by atoms with Crippen LogP contribution in [0.3, 0.4) is 0 Å². The van der Waals surface area contributed by atoms with E-state index in [9.17, 15) is 4.79 Å². The molecule has 1 aliphatic rings. The number of benzene rings is 2. The van der Waals surface area contributed by atoms with Crippen molar-refractivity contribution in [2.24, 2.45) is 5.73 Å². The van der Waals surface area contributed by atoms with Crippen molar-refractivity contribution in [1.29, 1.82) is 0 Å². The Labute approximate surface area is 155 Å². The third kappa shape index (κ3) is 3.09. The van der Waals surface area contributed by atoms with Crippen molar-refractivity contribution >= 4 is 34.2 Å². The van der Waals surface area contributed by atoms with Crippen molar-refractivity contribution in [2.45, 2.75) is 12.0 Å². The SMILES string of the molecule is NC(=O)c1cccc2c(NC3CNCC3c3cccc(Cl)c3)ncnc12. The summed E-state index contributed by atoms with van der Waals surface area (Å²) in [6, 6.07) is 13.4. The average Bonchev–Trinajstić information content (AvgIpc) is 3.09. The molecule has 132 valence electrons. The molecule has 2 heterocycles. The minimum atomic E-state index is -0.500. The van der Waals surface area contributed by atoms with E-state index in [-0.39, 0.29) is 12.0 Å². The monoisotopic (exact) mass is 367 g/mol.